The van der Waals surface area contributed by atoms with Gasteiger partial charge >= 0.3 is 0 Å². The van der Waals surface area contributed by atoms with E-state index in [-0.39, 0.29) is 42.4 Å². The van der Waals surface area contributed by atoms with Crippen molar-refractivity contribution < 1.29 is 13.2 Å². The molecule has 2 rings (SSSR count). The molecule has 0 spiro atoms. The minimum absolute atomic E-state index is 0. The van der Waals surface area contributed by atoms with E-state index in [0.717, 1.165) is 31.5 Å². The zero-order chi connectivity index (χ0) is 22.0. The van der Waals surface area contributed by atoms with Crippen molar-refractivity contribution >= 4 is 40.0 Å². The summed E-state index contributed by atoms with van der Waals surface area (Å²) in [7, 11) is 0.781. The third-order valence-electron chi connectivity index (χ3n) is 6.10. The van der Waals surface area contributed by atoms with Crippen LogP contribution in [0.15, 0.2) is 4.99 Å². The normalized spacial score (nSPS) is 19.7. The molecule has 0 radical (unpaired) electrons. The molecule has 31 heavy (non-hydrogen) atoms. The van der Waals surface area contributed by atoms with E-state index in [9.17, 15) is 8.42 Å². The second-order valence-corrected chi connectivity index (χ2v) is 10.8. The SMILES string of the molecule is CN=C(NCCCN(C)C1CCCCC1)N1CCN(S(=O)(=O)CCOC(C)C)CC1.I. The standard InChI is InChI=1S/C21H43N5O3S.HI/c1-19(2)29-17-18-30(27,28)26-15-13-25(14-16-26)21(22-3)23-11-8-12-24(4)20-9-6-5-7-10-20;/h19-20H,5-18H2,1-4H3,(H,22,23);1H. The van der Waals surface area contributed by atoms with Crippen molar-refractivity contribution in [1.82, 2.24) is 19.4 Å². The predicted octanol–water partition coefficient (Wildman–Crippen LogP) is 2.21. The van der Waals surface area contributed by atoms with Crippen LogP contribution >= 0.6 is 24.0 Å². The Morgan fingerprint density at radius 1 is 1.16 bits per heavy atom. The number of sulfonamides is 1. The van der Waals surface area contributed by atoms with E-state index in [4.69, 9.17) is 4.74 Å². The molecule has 0 bridgehead atoms. The van der Waals surface area contributed by atoms with Gasteiger partial charge in [0, 0.05) is 45.8 Å². The maximum atomic E-state index is 12.5. The first-order valence-electron chi connectivity index (χ1n) is 11.6. The van der Waals surface area contributed by atoms with Crippen LogP contribution < -0.4 is 5.32 Å². The summed E-state index contributed by atoms with van der Waals surface area (Å²) in [5.74, 6) is 0.919. The molecule has 0 atom stereocenters. The highest BCUT2D eigenvalue weighted by Gasteiger charge is 2.28. The van der Waals surface area contributed by atoms with Crippen LogP contribution in [0.1, 0.15) is 52.4 Å². The molecule has 2 aliphatic rings. The minimum atomic E-state index is -3.26. The van der Waals surface area contributed by atoms with E-state index in [0.29, 0.717) is 26.2 Å². The van der Waals surface area contributed by atoms with Crippen LogP contribution in [0.4, 0.5) is 0 Å². The number of nitrogens with one attached hydrogen (secondary N) is 1. The van der Waals surface area contributed by atoms with Gasteiger partial charge in [0.1, 0.15) is 0 Å². The van der Waals surface area contributed by atoms with Gasteiger partial charge in [-0.05, 0) is 46.7 Å². The highest BCUT2D eigenvalue weighted by Crippen LogP contribution is 2.21. The lowest BCUT2D eigenvalue weighted by Crippen LogP contribution is -2.54. The number of rotatable bonds is 10. The van der Waals surface area contributed by atoms with Gasteiger partial charge in [-0.15, -0.1) is 24.0 Å². The van der Waals surface area contributed by atoms with Gasteiger partial charge < -0.3 is 19.9 Å². The number of piperazine rings is 1. The molecule has 184 valence electrons. The zero-order valence-electron chi connectivity index (χ0n) is 19.9. The van der Waals surface area contributed by atoms with Crippen molar-refractivity contribution in [3.05, 3.63) is 0 Å². The number of nitrogens with zero attached hydrogens (tertiary/aromatic N) is 4. The largest absolute Gasteiger partial charge is 0.378 e. The molecule has 0 unspecified atom stereocenters. The lowest BCUT2D eigenvalue weighted by molar-refractivity contribution is 0.0904. The van der Waals surface area contributed by atoms with Gasteiger partial charge in [0.25, 0.3) is 0 Å². The Hall–Kier alpha value is -0.170. The summed E-state index contributed by atoms with van der Waals surface area (Å²) in [5.41, 5.74) is 0. The van der Waals surface area contributed by atoms with Crippen LogP contribution in [0.5, 0.6) is 0 Å². The summed E-state index contributed by atoms with van der Waals surface area (Å²) in [4.78, 5) is 9.07. The molecule has 1 saturated carbocycles. The van der Waals surface area contributed by atoms with Crippen LogP contribution in [0.2, 0.25) is 0 Å². The van der Waals surface area contributed by atoms with Gasteiger partial charge in [-0.1, -0.05) is 19.3 Å². The molecule has 1 aliphatic heterocycles. The third kappa shape index (κ3) is 10.1. The van der Waals surface area contributed by atoms with Crippen molar-refractivity contribution in [2.45, 2.75) is 64.5 Å². The molecule has 10 heteroatoms. The number of guanidine groups is 1. The first-order valence-corrected chi connectivity index (χ1v) is 13.2. The smallest absolute Gasteiger partial charge is 0.216 e. The van der Waals surface area contributed by atoms with Crippen molar-refractivity contribution in [1.29, 1.82) is 0 Å². The zero-order valence-corrected chi connectivity index (χ0v) is 23.0. The van der Waals surface area contributed by atoms with E-state index in [1.165, 1.54) is 32.1 Å². The molecule has 0 aromatic heterocycles. The van der Waals surface area contributed by atoms with Crippen molar-refractivity contribution in [2.75, 3.05) is 65.7 Å². The molecule has 1 saturated heterocycles. The van der Waals surface area contributed by atoms with E-state index < -0.39 is 10.0 Å². The first kappa shape index (κ1) is 28.9. The second-order valence-electron chi connectivity index (χ2n) is 8.72. The molecule has 0 aromatic rings. The molecule has 8 nitrogen and oxygen atoms in total. The molecule has 1 heterocycles. The highest BCUT2D eigenvalue weighted by atomic mass is 127. The third-order valence-corrected chi connectivity index (χ3v) is 7.94. The first-order chi connectivity index (χ1) is 14.3. The molecule has 1 N–H and O–H groups in total. The minimum Gasteiger partial charge on any atom is -0.378 e. The van der Waals surface area contributed by atoms with Gasteiger partial charge in [0.2, 0.25) is 10.0 Å². The van der Waals surface area contributed by atoms with Gasteiger partial charge in [-0.2, -0.15) is 4.31 Å². The molecule has 0 amide bonds. The van der Waals surface area contributed by atoms with Crippen LogP contribution in [0.3, 0.4) is 0 Å². The average molecular weight is 574 g/mol. The number of hydrogen-bond donors (Lipinski definition) is 1. The summed E-state index contributed by atoms with van der Waals surface area (Å²) in [6.45, 7) is 8.37. The quantitative estimate of drug-likeness (QED) is 0.187. The number of ether oxygens (including phenoxy) is 1. The Morgan fingerprint density at radius 2 is 1.81 bits per heavy atom. The van der Waals surface area contributed by atoms with Crippen LogP contribution in [0.25, 0.3) is 0 Å². The summed E-state index contributed by atoms with van der Waals surface area (Å²) < 4.78 is 32.0. The lowest BCUT2D eigenvalue weighted by atomic mass is 9.94. The summed E-state index contributed by atoms with van der Waals surface area (Å²) in [5, 5.41) is 3.46. The number of aliphatic imine (C=N–C) groups is 1. The topological polar surface area (TPSA) is 77.5 Å². The van der Waals surface area contributed by atoms with Crippen LogP contribution in [-0.4, -0.2) is 106 Å². The van der Waals surface area contributed by atoms with E-state index in [1.807, 2.05) is 13.8 Å². The van der Waals surface area contributed by atoms with Gasteiger partial charge in [0.05, 0.1) is 18.5 Å². The lowest BCUT2D eigenvalue weighted by Gasteiger charge is -2.36. The maximum absolute atomic E-state index is 12.5. The molecular formula is C21H44IN5O3S. The predicted molar refractivity (Wildman–Crippen MR) is 139 cm³/mol. The Bertz CT molecular complexity index is 619. The van der Waals surface area contributed by atoms with Crippen LogP contribution in [-0.2, 0) is 14.8 Å². The van der Waals surface area contributed by atoms with E-state index in [2.05, 4.69) is 27.2 Å². The maximum Gasteiger partial charge on any atom is 0.216 e. The molecule has 1 aliphatic carbocycles. The van der Waals surface area contributed by atoms with Crippen molar-refractivity contribution in [3.63, 3.8) is 0 Å². The number of halogens is 1. The highest BCUT2D eigenvalue weighted by molar-refractivity contribution is 14.0. The monoisotopic (exact) mass is 573 g/mol. The van der Waals surface area contributed by atoms with Crippen molar-refractivity contribution in [2.24, 2.45) is 4.99 Å². The Morgan fingerprint density at radius 3 is 2.39 bits per heavy atom. The molecule has 0 aromatic carbocycles. The fourth-order valence-electron chi connectivity index (χ4n) is 4.26. The Balaban J connectivity index is 0.00000480. The van der Waals surface area contributed by atoms with Crippen LogP contribution in [0, 0.1) is 0 Å². The summed E-state index contributed by atoms with van der Waals surface area (Å²) in [6.07, 6.45) is 7.93. The fourth-order valence-corrected chi connectivity index (χ4v) is 5.55. The fraction of sp³-hybridized carbons (Fsp3) is 0.952. The number of hydrogen-bond acceptors (Lipinski definition) is 5. The van der Waals surface area contributed by atoms with Gasteiger partial charge in [0.15, 0.2) is 5.96 Å². The van der Waals surface area contributed by atoms with Crippen molar-refractivity contribution in [3.8, 4) is 0 Å². The van der Waals surface area contributed by atoms with E-state index in [1.54, 1.807) is 11.4 Å². The van der Waals surface area contributed by atoms with Gasteiger partial charge in [-0.25, -0.2) is 8.42 Å². The molecule has 2 fully saturated rings. The Labute approximate surface area is 207 Å². The Kier molecular flexibility index (Phi) is 13.8. The second kappa shape index (κ2) is 14.9. The summed E-state index contributed by atoms with van der Waals surface area (Å²) >= 11 is 0. The van der Waals surface area contributed by atoms with Gasteiger partial charge in [-0.3, -0.25) is 4.99 Å². The van der Waals surface area contributed by atoms with E-state index >= 15 is 0 Å². The average Bonchev–Trinajstić information content (AvgIpc) is 2.74. The molecular weight excluding hydrogens is 529 g/mol. The summed E-state index contributed by atoms with van der Waals surface area (Å²) in [6, 6.07) is 0.749.